The fourth-order valence-electron chi connectivity index (χ4n) is 2.04. The molecule has 9 heteroatoms. The largest absolute Gasteiger partial charge is 0.483 e. The highest BCUT2D eigenvalue weighted by molar-refractivity contribution is 7.15. The third kappa shape index (κ3) is 4.85. The minimum Gasteiger partial charge on any atom is -0.483 e. The van der Waals surface area contributed by atoms with Gasteiger partial charge in [-0.25, -0.2) is 4.79 Å². The van der Waals surface area contributed by atoms with E-state index in [1.54, 1.807) is 18.2 Å². The molecule has 0 aliphatic heterocycles. The van der Waals surface area contributed by atoms with Gasteiger partial charge in [0.2, 0.25) is 5.13 Å². The molecule has 2 N–H and O–H groups in total. The third-order valence-corrected chi connectivity index (χ3v) is 4.79. The van der Waals surface area contributed by atoms with Crippen LogP contribution >= 0.6 is 34.5 Å². The van der Waals surface area contributed by atoms with Crippen LogP contribution in [0.3, 0.4) is 0 Å². The number of ether oxygens (including phenoxy) is 1. The topological polar surface area (TPSA) is 76.1 Å². The number of nitrogens with one attached hydrogen (secondary N) is 2. The van der Waals surface area contributed by atoms with Crippen molar-refractivity contribution < 1.29 is 9.53 Å². The zero-order valence-corrected chi connectivity index (χ0v) is 15.9. The molecule has 3 aromatic rings. The van der Waals surface area contributed by atoms with Crippen molar-refractivity contribution in [1.29, 1.82) is 0 Å². The van der Waals surface area contributed by atoms with Gasteiger partial charge in [-0.2, -0.15) is 0 Å². The molecule has 2 amide bonds. The molecule has 0 saturated carbocycles. The van der Waals surface area contributed by atoms with Crippen molar-refractivity contribution in [2.24, 2.45) is 0 Å². The van der Waals surface area contributed by atoms with E-state index in [0.717, 1.165) is 5.75 Å². The van der Waals surface area contributed by atoms with Crippen LogP contribution in [0.15, 0.2) is 48.5 Å². The fourth-order valence-corrected chi connectivity index (χ4v) is 3.22. The molecule has 0 spiro atoms. The maximum Gasteiger partial charge on any atom is 0.325 e. The number of hydrogen-bond donors (Lipinski definition) is 2. The molecule has 0 aliphatic rings. The van der Waals surface area contributed by atoms with E-state index >= 15 is 0 Å². The molecule has 0 aliphatic carbocycles. The monoisotopic (exact) mass is 408 g/mol. The molecule has 134 valence electrons. The van der Waals surface area contributed by atoms with Crippen LogP contribution < -0.4 is 15.4 Å². The number of carbonyl (C=O) groups is 1. The maximum atomic E-state index is 12.1. The summed E-state index contributed by atoms with van der Waals surface area (Å²) in [5.74, 6) is 0.736. The first-order valence-electron chi connectivity index (χ1n) is 7.59. The minimum absolute atomic E-state index is 0.292. The lowest BCUT2D eigenvalue weighted by Gasteiger charge is -2.11. The average molecular weight is 409 g/mol. The average Bonchev–Trinajstić information content (AvgIpc) is 3.07. The van der Waals surface area contributed by atoms with Gasteiger partial charge in [-0.15, -0.1) is 10.2 Å². The summed E-state index contributed by atoms with van der Waals surface area (Å²) >= 11 is 13.1. The number of rotatable bonds is 5. The van der Waals surface area contributed by atoms with E-state index in [9.17, 15) is 4.79 Å². The van der Waals surface area contributed by atoms with Crippen LogP contribution in [0.4, 0.5) is 15.6 Å². The SMILES string of the molecule is C[C@@H](Oc1ccccc1)c1nnc(NC(=O)Nc2ccc(Cl)cc2Cl)s1. The highest BCUT2D eigenvalue weighted by Gasteiger charge is 2.15. The van der Waals surface area contributed by atoms with Crippen LogP contribution in [0.5, 0.6) is 5.75 Å². The van der Waals surface area contributed by atoms with Crippen LogP contribution in [-0.4, -0.2) is 16.2 Å². The number of benzene rings is 2. The second-order valence-electron chi connectivity index (χ2n) is 5.22. The van der Waals surface area contributed by atoms with E-state index < -0.39 is 6.03 Å². The van der Waals surface area contributed by atoms with E-state index in [-0.39, 0.29) is 6.10 Å². The van der Waals surface area contributed by atoms with E-state index in [1.807, 2.05) is 37.3 Å². The van der Waals surface area contributed by atoms with Crippen molar-refractivity contribution in [1.82, 2.24) is 10.2 Å². The summed E-state index contributed by atoms with van der Waals surface area (Å²) < 4.78 is 5.79. The maximum absolute atomic E-state index is 12.1. The van der Waals surface area contributed by atoms with Crippen LogP contribution in [0, 0.1) is 0 Å². The van der Waals surface area contributed by atoms with Gasteiger partial charge in [-0.1, -0.05) is 52.7 Å². The third-order valence-electron chi connectivity index (χ3n) is 3.24. The fraction of sp³-hybridized carbons (Fsp3) is 0.118. The molecule has 1 aromatic heterocycles. The molecule has 0 unspecified atom stereocenters. The van der Waals surface area contributed by atoms with E-state index in [4.69, 9.17) is 27.9 Å². The molecule has 2 aromatic carbocycles. The van der Waals surface area contributed by atoms with Crippen molar-refractivity contribution in [2.45, 2.75) is 13.0 Å². The first-order valence-corrected chi connectivity index (χ1v) is 9.16. The van der Waals surface area contributed by atoms with Crippen molar-refractivity contribution in [3.05, 3.63) is 63.6 Å². The molecule has 1 atom stereocenters. The minimum atomic E-state index is -0.478. The molecule has 0 fully saturated rings. The number of aromatic nitrogens is 2. The number of nitrogens with zero attached hydrogens (tertiary/aromatic N) is 2. The highest BCUT2D eigenvalue weighted by Crippen LogP contribution is 2.27. The Morgan fingerprint density at radius 1 is 1.12 bits per heavy atom. The Balaban J connectivity index is 1.60. The summed E-state index contributed by atoms with van der Waals surface area (Å²) in [6.45, 7) is 1.87. The number of hydrogen-bond acceptors (Lipinski definition) is 5. The molecule has 0 saturated heterocycles. The Kier molecular flexibility index (Phi) is 5.92. The van der Waals surface area contributed by atoms with Gasteiger partial charge in [0.05, 0.1) is 10.7 Å². The molecule has 0 bridgehead atoms. The normalized spacial score (nSPS) is 11.7. The van der Waals surface area contributed by atoms with Gasteiger partial charge in [0.15, 0.2) is 5.01 Å². The summed E-state index contributed by atoms with van der Waals surface area (Å²) in [6.07, 6.45) is -0.292. The van der Waals surface area contributed by atoms with Crippen LogP contribution in [0.2, 0.25) is 10.0 Å². The molecular weight excluding hydrogens is 395 g/mol. The van der Waals surface area contributed by atoms with Gasteiger partial charge < -0.3 is 10.1 Å². The Hall–Kier alpha value is -2.35. The van der Waals surface area contributed by atoms with Gasteiger partial charge in [-0.3, -0.25) is 5.32 Å². The van der Waals surface area contributed by atoms with Crippen LogP contribution in [0.1, 0.15) is 18.0 Å². The first-order chi connectivity index (χ1) is 12.5. The quantitative estimate of drug-likeness (QED) is 0.573. The van der Waals surface area contributed by atoms with Crippen molar-refractivity contribution in [2.75, 3.05) is 10.6 Å². The number of anilines is 2. The molecule has 1 heterocycles. The molecule has 6 nitrogen and oxygen atoms in total. The number of halogens is 2. The summed E-state index contributed by atoms with van der Waals surface area (Å²) in [5.41, 5.74) is 0.444. The van der Waals surface area contributed by atoms with E-state index in [2.05, 4.69) is 20.8 Å². The van der Waals surface area contributed by atoms with E-state index in [0.29, 0.717) is 25.9 Å². The standard InChI is InChI=1S/C17H14Cl2N4O2S/c1-10(25-12-5-3-2-4-6-12)15-22-23-17(26-15)21-16(24)20-14-8-7-11(18)9-13(14)19/h2-10H,1H3,(H2,20,21,23,24)/t10-/m1/s1. The number of amides is 2. The van der Waals surface area contributed by atoms with Crippen LogP contribution in [0.25, 0.3) is 0 Å². The molecular formula is C17H14Cl2N4O2S. The second kappa shape index (κ2) is 8.35. The van der Waals surface area contributed by atoms with Crippen molar-refractivity contribution in [3.63, 3.8) is 0 Å². The number of para-hydroxylation sites is 1. The smallest absolute Gasteiger partial charge is 0.325 e. The first kappa shape index (κ1) is 18.4. The van der Waals surface area contributed by atoms with Gasteiger partial charge in [0.25, 0.3) is 0 Å². The van der Waals surface area contributed by atoms with Gasteiger partial charge in [-0.05, 0) is 37.3 Å². The Morgan fingerprint density at radius 2 is 1.88 bits per heavy atom. The summed E-state index contributed by atoms with van der Waals surface area (Å²) in [7, 11) is 0. The van der Waals surface area contributed by atoms with Gasteiger partial charge in [0.1, 0.15) is 11.9 Å². The number of carbonyl (C=O) groups excluding carboxylic acids is 1. The molecule has 3 rings (SSSR count). The van der Waals surface area contributed by atoms with Gasteiger partial charge >= 0.3 is 6.03 Å². The lowest BCUT2D eigenvalue weighted by Crippen LogP contribution is -2.19. The Bertz CT molecular complexity index is 905. The van der Waals surface area contributed by atoms with Crippen LogP contribution in [-0.2, 0) is 0 Å². The summed E-state index contributed by atoms with van der Waals surface area (Å²) in [4.78, 5) is 12.1. The lowest BCUT2D eigenvalue weighted by atomic mass is 10.3. The molecule has 0 radical (unpaired) electrons. The zero-order valence-electron chi connectivity index (χ0n) is 13.6. The number of urea groups is 1. The summed E-state index contributed by atoms with van der Waals surface area (Å²) in [5, 5.41) is 15.1. The zero-order chi connectivity index (χ0) is 18.5. The Morgan fingerprint density at radius 3 is 2.62 bits per heavy atom. The highest BCUT2D eigenvalue weighted by atomic mass is 35.5. The van der Waals surface area contributed by atoms with Crippen molar-refractivity contribution in [3.8, 4) is 5.75 Å². The predicted octanol–water partition coefficient (Wildman–Crippen LogP) is 5.63. The second-order valence-corrected chi connectivity index (χ2v) is 7.07. The molecule has 26 heavy (non-hydrogen) atoms. The van der Waals surface area contributed by atoms with E-state index in [1.165, 1.54) is 11.3 Å². The predicted molar refractivity (Wildman–Crippen MR) is 104 cm³/mol. The lowest BCUT2D eigenvalue weighted by molar-refractivity contribution is 0.225. The Labute approximate surface area is 164 Å². The summed E-state index contributed by atoms with van der Waals surface area (Å²) in [6, 6.07) is 13.7. The van der Waals surface area contributed by atoms with Crippen molar-refractivity contribution >= 4 is 51.4 Å². The van der Waals surface area contributed by atoms with Gasteiger partial charge in [0, 0.05) is 5.02 Å².